The number of hydrogen-bond donors (Lipinski definition) is 1. The summed E-state index contributed by atoms with van der Waals surface area (Å²) in [4.78, 5) is 0. The molecule has 3 unspecified atom stereocenters. The lowest BCUT2D eigenvalue weighted by Gasteiger charge is -2.18. The van der Waals surface area contributed by atoms with Crippen LogP contribution in [0.25, 0.3) is 0 Å². The number of nitrogens with one attached hydrogen (secondary N) is 1. The van der Waals surface area contributed by atoms with Crippen molar-refractivity contribution in [2.45, 2.75) is 71.1 Å². The van der Waals surface area contributed by atoms with Crippen LogP contribution in [0.4, 0.5) is 0 Å². The number of unbranched alkanes of at least 4 members (excludes halogenated alkanes) is 7. The van der Waals surface area contributed by atoms with Gasteiger partial charge in [0.1, 0.15) is 0 Å². The van der Waals surface area contributed by atoms with Crippen LogP contribution in [0.5, 0.6) is 0 Å². The molecule has 0 radical (unpaired) electrons. The van der Waals surface area contributed by atoms with Gasteiger partial charge in [-0.2, -0.15) is 0 Å². The highest BCUT2D eigenvalue weighted by molar-refractivity contribution is 5.10. The predicted octanol–water partition coefficient (Wildman–Crippen LogP) is 4.93. The summed E-state index contributed by atoms with van der Waals surface area (Å²) < 4.78 is 0. The Bertz CT molecular complexity index is 258. The molecule has 110 valence electrons. The highest BCUT2D eigenvalue weighted by Gasteiger charge is 2.34. The van der Waals surface area contributed by atoms with Crippen LogP contribution in [0.15, 0.2) is 12.2 Å². The molecule has 0 heterocycles. The van der Waals surface area contributed by atoms with Gasteiger partial charge in [0.25, 0.3) is 0 Å². The number of hydrogen-bond acceptors (Lipinski definition) is 1. The average Bonchev–Trinajstić information content (AvgIpc) is 3.03. The van der Waals surface area contributed by atoms with Crippen LogP contribution < -0.4 is 5.32 Å². The first kappa shape index (κ1) is 15.1. The molecule has 2 rings (SSSR count). The molecule has 0 aromatic carbocycles. The highest BCUT2D eigenvalue weighted by atomic mass is 14.9. The van der Waals surface area contributed by atoms with Gasteiger partial charge in [-0.3, -0.25) is 0 Å². The molecule has 1 saturated carbocycles. The zero-order valence-corrected chi connectivity index (χ0v) is 12.9. The summed E-state index contributed by atoms with van der Waals surface area (Å²) in [5, 5.41) is 3.69. The topological polar surface area (TPSA) is 12.0 Å². The van der Waals surface area contributed by atoms with Gasteiger partial charge in [0.15, 0.2) is 0 Å². The van der Waals surface area contributed by atoms with E-state index in [2.05, 4.69) is 24.4 Å². The van der Waals surface area contributed by atoms with Gasteiger partial charge < -0.3 is 5.32 Å². The van der Waals surface area contributed by atoms with Crippen molar-refractivity contribution in [3.8, 4) is 0 Å². The molecule has 19 heavy (non-hydrogen) atoms. The van der Waals surface area contributed by atoms with Gasteiger partial charge in [-0.25, -0.2) is 0 Å². The number of fused-ring (bicyclic) bond motifs is 2. The molecular formula is C18H33N. The van der Waals surface area contributed by atoms with Crippen LogP contribution in [-0.4, -0.2) is 13.1 Å². The third-order valence-electron chi connectivity index (χ3n) is 5.03. The van der Waals surface area contributed by atoms with E-state index in [0.717, 1.165) is 17.8 Å². The standard InChI is InChI=1S/C18H33N/c1-2-3-4-5-6-7-8-9-12-19-15-18-14-16-10-11-17(18)13-16/h10-11,16-19H,2-9,12-15H2,1H3. The molecule has 0 amide bonds. The van der Waals surface area contributed by atoms with Gasteiger partial charge in [-0.05, 0) is 50.1 Å². The van der Waals surface area contributed by atoms with E-state index >= 15 is 0 Å². The number of rotatable bonds is 11. The Morgan fingerprint density at radius 3 is 2.26 bits per heavy atom. The van der Waals surface area contributed by atoms with Crippen LogP contribution in [0.1, 0.15) is 71.1 Å². The van der Waals surface area contributed by atoms with E-state index in [9.17, 15) is 0 Å². The lowest BCUT2D eigenvalue weighted by molar-refractivity contribution is 0.410. The van der Waals surface area contributed by atoms with Gasteiger partial charge >= 0.3 is 0 Å². The minimum atomic E-state index is 0.913. The second-order valence-electron chi connectivity index (χ2n) is 6.72. The van der Waals surface area contributed by atoms with Gasteiger partial charge in [-0.15, -0.1) is 0 Å². The molecular weight excluding hydrogens is 230 g/mol. The van der Waals surface area contributed by atoms with Gasteiger partial charge in [0, 0.05) is 0 Å². The lowest BCUT2D eigenvalue weighted by atomic mass is 9.93. The van der Waals surface area contributed by atoms with Gasteiger partial charge in [0.05, 0.1) is 0 Å². The van der Waals surface area contributed by atoms with Crippen LogP contribution in [-0.2, 0) is 0 Å². The smallest absolute Gasteiger partial charge is 0.00147 e. The molecule has 2 aliphatic rings. The maximum atomic E-state index is 3.69. The van der Waals surface area contributed by atoms with Crippen molar-refractivity contribution >= 4 is 0 Å². The van der Waals surface area contributed by atoms with E-state index in [-0.39, 0.29) is 0 Å². The summed E-state index contributed by atoms with van der Waals surface area (Å²) in [7, 11) is 0. The molecule has 0 aromatic heterocycles. The van der Waals surface area contributed by atoms with E-state index in [1.54, 1.807) is 0 Å². The summed E-state index contributed by atoms with van der Waals surface area (Å²) >= 11 is 0. The normalized spacial score (nSPS) is 28.4. The molecule has 2 aliphatic carbocycles. The van der Waals surface area contributed by atoms with Crippen LogP contribution in [0, 0.1) is 17.8 Å². The predicted molar refractivity (Wildman–Crippen MR) is 84.3 cm³/mol. The third kappa shape index (κ3) is 5.30. The fourth-order valence-electron chi connectivity index (χ4n) is 3.80. The first-order valence-electron chi connectivity index (χ1n) is 8.79. The maximum absolute atomic E-state index is 3.69. The summed E-state index contributed by atoms with van der Waals surface area (Å²) in [6.45, 7) is 4.80. The van der Waals surface area contributed by atoms with Crippen molar-refractivity contribution in [3.63, 3.8) is 0 Å². The van der Waals surface area contributed by atoms with Gasteiger partial charge in [0.2, 0.25) is 0 Å². The van der Waals surface area contributed by atoms with Crippen molar-refractivity contribution in [1.29, 1.82) is 0 Å². The summed E-state index contributed by atoms with van der Waals surface area (Å²) in [6.07, 6.45) is 19.2. The Balaban J connectivity index is 1.34. The Kier molecular flexibility index (Phi) is 6.98. The third-order valence-corrected chi connectivity index (χ3v) is 5.03. The van der Waals surface area contributed by atoms with Crippen LogP contribution in [0.2, 0.25) is 0 Å². The molecule has 1 N–H and O–H groups in total. The van der Waals surface area contributed by atoms with E-state index in [1.807, 2.05) is 0 Å². The molecule has 0 spiro atoms. The molecule has 0 aromatic rings. The van der Waals surface area contributed by atoms with Crippen molar-refractivity contribution in [1.82, 2.24) is 5.32 Å². The van der Waals surface area contributed by atoms with Crippen LogP contribution >= 0.6 is 0 Å². The Morgan fingerprint density at radius 2 is 1.63 bits per heavy atom. The van der Waals surface area contributed by atoms with Gasteiger partial charge in [-0.1, -0.05) is 64.0 Å². The monoisotopic (exact) mass is 263 g/mol. The fourth-order valence-corrected chi connectivity index (χ4v) is 3.80. The van der Waals surface area contributed by atoms with Crippen molar-refractivity contribution in [2.75, 3.05) is 13.1 Å². The Hall–Kier alpha value is -0.300. The fraction of sp³-hybridized carbons (Fsp3) is 0.889. The summed E-state index contributed by atoms with van der Waals surface area (Å²) in [5.41, 5.74) is 0. The quantitative estimate of drug-likeness (QED) is 0.412. The summed E-state index contributed by atoms with van der Waals surface area (Å²) in [5.74, 6) is 2.79. The largest absolute Gasteiger partial charge is 0.316 e. The van der Waals surface area contributed by atoms with E-state index in [1.165, 1.54) is 77.3 Å². The first-order valence-corrected chi connectivity index (χ1v) is 8.79. The zero-order valence-electron chi connectivity index (χ0n) is 12.9. The molecule has 1 nitrogen and oxygen atoms in total. The molecule has 0 saturated heterocycles. The van der Waals surface area contributed by atoms with Crippen molar-refractivity contribution < 1.29 is 0 Å². The highest BCUT2D eigenvalue weighted by Crippen LogP contribution is 2.42. The number of allylic oxidation sites excluding steroid dienone is 2. The van der Waals surface area contributed by atoms with Crippen molar-refractivity contribution in [2.24, 2.45) is 17.8 Å². The minimum Gasteiger partial charge on any atom is -0.316 e. The van der Waals surface area contributed by atoms with E-state index < -0.39 is 0 Å². The second-order valence-corrected chi connectivity index (χ2v) is 6.72. The summed E-state index contributed by atoms with van der Waals surface area (Å²) in [6, 6.07) is 0. The first-order chi connectivity index (χ1) is 9.40. The van der Waals surface area contributed by atoms with Crippen molar-refractivity contribution in [3.05, 3.63) is 12.2 Å². The molecule has 2 bridgehead atoms. The molecule has 0 aliphatic heterocycles. The SMILES string of the molecule is CCCCCCCCCCNCC1CC2C=CC1C2. The lowest BCUT2D eigenvalue weighted by Crippen LogP contribution is -2.26. The average molecular weight is 263 g/mol. The van der Waals surface area contributed by atoms with E-state index in [0.29, 0.717) is 0 Å². The Labute approximate surface area is 120 Å². The maximum Gasteiger partial charge on any atom is -0.00147 e. The Morgan fingerprint density at radius 1 is 0.895 bits per heavy atom. The minimum absolute atomic E-state index is 0.913. The second kappa shape index (κ2) is 8.79. The molecule has 3 atom stereocenters. The van der Waals surface area contributed by atoms with E-state index in [4.69, 9.17) is 0 Å². The zero-order chi connectivity index (χ0) is 13.3. The molecule has 1 heteroatoms. The van der Waals surface area contributed by atoms with Crippen LogP contribution in [0.3, 0.4) is 0 Å². The molecule has 1 fully saturated rings.